The molecular weight excluding hydrogens is 358 g/mol. The van der Waals surface area contributed by atoms with Gasteiger partial charge in [-0.15, -0.1) is 12.4 Å². The van der Waals surface area contributed by atoms with E-state index in [1.807, 2.05) is 30.3 Å². The van der Waals surface area contributed by atoms with Gasteiger partial charge < -0.3 is 14.8 Å². The number of allylic oxidation sites excluding steroid dienone is 1. The molecule has 1 aliphatic carbocycles. The predicted octanol–water partition coefficient (Wildman–Crippen LogP) is 5.68. The van der Waals surface area contributed by atoms with E-state index in [1.165, 1.54) is 25.7 Å². The van der Waals surface area contributed by atoms with Gasteiger partial charge in [0.1, 0.15) is 6.61 Å². The van der Waals surface area contributed by atoms with Crippen LogP contribution in [0.3, 0.4) is 0 Å². The molecule has 0 bridgehead atoms. The van der Waals surface area contributed by atoms with Gasteiger partial charge in [0, 0.05) is 12.1 Å². The quantitative estimate of drug-likeness (QED) is 0.443. The Bertz CT molecular complexity index is 716. The zero-order valence-electron chi connectivity index (χ0n) is 16.1. The van der Waals surface area contributed by atoms with Gasteiger partial charge in [-0.05, 0) is 50.3 Å². The molecule has 0 atom stereocenters. The van der Waals surface area contributed by atoms with Crippen LogP contribution in [-0.2, 0) is 13.2 Å². The molecule has 1 aliphatic rings. The van der Waals surface area contributed by atoms with Gasteiger partial charge in [-0.3, -0.25) is 0 Å². The van der Waals surface area contributed by atoms with E-state index in [0.29, 0.717) is 6.61 Å². The topological polar surface area (TPSA) is 30.5 Å². The van der Waals surface area contributed by atoms with Crippen molar-refractivity contribution in [2.24, 2.45) is 0 Å². The van der Waals surface area contributed by atoms with Crippen molar-refractivity contribution in [3.05, 3.63) is 71.3 Å². The van der Waals surface area contributed by atoms with Crippen LogP contribution < -0.4 is 14.8 Å². The smallest absolute Gasteiger partial charge is 0.166 e. The highest BCUT2D eigenvalue weighted by molar-refractivity contribution is 5.85. The lowest BCUT2D eigenvalue weighted by Crippen LogP contribution is -2.16. The van der Waals surface area contributed by atoms with Crippen LogP contribution in [0.4, 0.5) is 0 Å². The van der Waals surface area contributed by atoms with Crippen molar-refractivity contribution in [1.29, 1.82) is 0 Å². The van der Waals surface area contributed by atoms with E-state index in [4.69, 9.17) is 9.47 Å². The highest BCUT2D eigenvalue weighted by Crippen LogP contribution is 2.32. The molecule has 27 heavy (non-hydrogen) atoms. The van der Waals surface area contributed by atoms with E-state index in [1.54, 1.807) is 12.7 Å². The van der Waals surface area contributed by atoms with Crippen molar-refractivity contribution < 1.29 is 9.47 Å². The van der Waals surface area contributed by atoms with E-state index < -0.39 is 0 Å². The number of methoxy groups -OCH3 is 1. The second-order valence-electron chi connectivity index (χ2n) is 6.76. The summed E-state index contributed by atoms with van der Waals surface area (Å²) >= 11 is 0. The highest BCUT2D eigenvalue weighted by Gasteiger charge is 2.11. The maximum Gasteiger partial charge on any atom is 0.166 e. The zero-order chi connectivity index (χ0) is 18.0. The third-order valence-electron chi connectivity index (χ3n) is 4.83. The fourth-order valence-electron chi connectivity index (χ4n) is 3.36. The van der Waals surface area contributed by atoms with Crippen LogP contribution in [0.2, 0.25) is 0 Å². The van der Waals surface area contributed by atoms with Gasteiger partial charge in [-0.1, -0.05) is 54.1 Å². The van der Waals surface area contributed by atoms with Crippen LogP contribution in [0.1, 0.15) is 43.2 Å². The summed E-state index contributed by atoms with van der Waals surface area (Å²) in [5, 5.41) is 3.56. The zero-order valence-corrected chi connectivity index (χ0v) is 16.9. The first-order chi connectivity index (χ1) is 12.9. The minimum Gasteiger partial charge on any atom is -0.493 e. The van der Waals surface area contributed by atoms with Crippen LogP contribution >= 0.6 is 12.4 Å². The summed E-state index contributed by atoms with van der Waals surface area (Å²) in [5.41, 5.74) is 3.90. The van der Waals surface area contributed by atoms with Gasteiger partial charge >= 0.3 is 0 Å². The lowest BCUT2D eigenvalue weighted by atomic mass is 9.97. The fraction of sp³-hybridized carbons (Fsp3) is 0.391. The van der Waals surface area contributed by atoms with Crippen LogP contribution in [0.5, 0.6) is 11.5 Å². The molecule has 2 aromatic rings. The molecule has 0 unspecified atom stereocenters. The SMILES string of the molecule is COc1cccc(CNCCC2=CCCCC2)c1OCc1ccccc1.Cl. The Morgan fingerprint density at radius 1 is 1.00 bits per heavy atom. The summed E-state index contributed by atoms with van der Waals surface area (Å²) in [6.45, 7) is 2.33. The summed E-state index contributed by atoms with van der Waals surface area (Å²) < 4.78 is 11.6. The largest absolute Gasteiger partial charge is 0.493 e. The minimum absolute atomic E-state index is 0. The second kappa shape index (κ2) is 11.7. The fourth-order valence-corrected chi connectivity index (χ4v) is 3.36. The Hall–Kier alpha value is -1.97. The minimum atomic E-state index is 0. The lowest BCUT2D eigenvalue weighted by Gasteiger charge is -2.16. The first-order valence-corrected chi connectivity index (χ1v) is 9.58. The van der Waals surface area contributed by atoms with Gasteiger partial charge in [0.05, 0.1) is 7.11 Å². The monoisotopic (exact) mass is 387 g/mol. The first-order valence-electron chi connectivity index (χ1n) is 9.58. The number of hydrogen-bond donors (Lipinski definition) is 1. The van der Waals surface area contributed by atoms with E-state index in [0.717, 1.165) is 42.1 Å². The molecule has 146 valence electrons. The Morgan fingerprint density at radius 2 is 1.85 bits per heavy atom. The van der Waals surface area contributed by atoms with Gasteiger partial charge in [-0.25, -0.2) is 0 Å². The average Bonchev–Trinajstić information content (AvgIpc) is 2.71. The van der Waals surface area contributed by atoms with Crippen LogP contribution in [-0.4, -0.2) is 13.7 Å². The summed E-state index contributed by atoms with van der Waals surface area (Å²) in [7, 11) is 1.69. The van der Waals surface area contributed by atoms with Gasteiger partial charge in [0.2, 0.25) is 0 Å². The Labute approximate surface area is 169 Å². The van der Waals surface area contributed by atoms with Crippen molar-refractivity contribution in [1.82, 2.24) is 5.32 Å². The molecule has 0 radical (unpaired) electrons. The maximum atomic E-state index is 6.12. The Morgan fingerprint density at radius 3 is 2.59 bits per heavy atom. The van der Waals surface area contributed by atoms with Crippen LogP contribution in [0.25, 0.3) is 0 Å². The average molecular weight is 388 g/mol. The molecule has 0 saturated carbocycles. The van der Waals surface area contributed by atoms with Crippen LogP contribution in [0.15, 0.2) is 60.2 Å². The van der Waals surface area contributed by atoms with Crippen LogP contribution in [0, 0.1) is 0 Å². The van der Waals surface area contributed by atoms with Crippen molar-refractivity contribution in [3.8, 4) is 11.5 Å². The molecule has 3 nitrogen and oxygen atoms in total. The maximum absolute atomic E-state index is 6.12. The Kier molecular flexibility index (Phi) is 9.23. The summed E-state index contributed by atoms with van der Waals surface area (Å²) in [5.74, 6) is 1.62. The summed E-state index contributed by atoms with van der Waals surface area (Å²) in [6.07, 6.45) is 8.78. The van der Waals surface area contributed by atoms with E-state index in [2.05, 4.69) is 29.6 Å². The van der Waals surface area contributed by atoms with Gasteiger partial charge in [-0.2, -0.15) is 0 Å². The van der Waals surface area contributed by atoms with Gasteiger partial charge in [0.15, 0.2) is 11.5 Å². The van der Waals surface area contributed by atoms with Gasteiger partial charge in [0.25, 0.3) is 0 Å². The number of para-hydroxylation sites is 1. The third kappa shape index (κ3) is 6.60. The molecule has 2 aromatic carbocycles. The summed E-state index contributed by atoms with van der Waals surface area (Å²) in [4.78, 5) is 0. The predicted molar refractivity (Wildman–Crippen MR) is 114 cm³/mol. The third-order valence-corrected chi connectivity index (χ3v) is 4.83. The molecule has 0 spiro atoms. The van der Waals surface area contributed by atoms with E-state index in [-0.39, 0.29) is 12.4 Å². The van der Waals surface area contributed by atoms with Crippen molar-refractivity contribution in [3.63, 3.8) is 0 Å². The standard InChI is InChI=1S/C23H29NO2.ClH/c1-25-22-14-8-13-21(17-24-16-15-19-9-4-2-5-10-19)23(22)26-18-20-11-6-3-7-12-20;/h3,6-9,11-14,24H,2,4-5,10,15-18H2,1H3;1H. The molecule has 0 heterocycles. The molecular formula is C23H30ClNO2. The number of hydrogen-bond acceptors (Lipinski definition) is 3. The second-order valence-corrected chi connectivity index (χ2v) is 6.76. The molecule has 0 amide bonds. The molecule has 0 fully saturated rings. The number of nitrogens with one attached hydrogen (secondary N) is 1. The lowest BCUT2D eigenvalue weighted by molar-refractivity contribution is 0.280. The first kappa shape index (κ1) is 21.3. The number of benzene rings is 2. The van der Waals surface area contributed by atoms with Crippen molar-refractivity contribution in [2.75, 3.05) is 13.7 Å². The molecule has 4 heteroatoms. The summed E-state index contributed by atoms with van der Waals surface area (Å²) in [6, 6.07) is 16.3. The number of halogens is 1. The number of ether oxygens (including phenoxy) is 2. The van der Waals surface area contributed by atoms with Crippen molar-refractivity contribution >= 4 is 12.4 Å². The Balaban J connectivity index is 0.00000261. The van der Waals surface area contributed by atoms with E-state index >= 15 is 0 Å². The molecule has 0 aromatic heterocycles. The number of rotatable bonds is 9. The highest BCUT2D eigenvalue weighted by atomic mass is 35.5. The molecule has 0 saturated heterocycles. The molecule has 1 N–H and O–H groups in total. The van der Waals surface area contributed by atoms with Crippen molar-refractivity contribution in [2.45, 2.75) is 45.3 Å². The normalized spacial score (nSPS) is 13.4. The van der Waals surface area contributed by atoms with E-state index in [9.17, 15) is 0 Å². The molecule has 3 rings (SSSR count). The molecule has 0 aliphatic heterocycles.